The molecule has 0 radical (unpaired) electrons. The predicted octanol–water partition coefficient (Wildman–Crippen LogP) is 3.56. The van der Waals surface area contributed by atoms with Crippen LogP contribution in [-0.2, 0) is 9.53 Å². The van der Waals surface area contributed by atoms with E-state index in [0.717, 1.165) is 26.2 Å². The van der Waals surface area contributed by atoms with Crippen LogP contribution in [0.25, 0.3) is 0 Å². The first-order chi connectivity index (χ1) is 15.9. The van der Waals surface area contributed by atoms with Gasteiger partial charge in [0.15, 0.2) is 0 Å². The topological polar surface area (TPSA) is 73.9 Å². The Balaban J connectivity index is 1.56. The van der Waals surface area contributed by atoms with Crippen LogP contribution in [0.5, 0.6) is 0 Å². The van der Waals surface area contributed by atoms with Gasteiger partial charge in [-0.2, -0.15) is 0 Å². The van der Waals surface area contributed by atoms with Crippen molar-refractivity contribution in [3.63, 3.8) is 0 Å². The Bertz CT molecular complexity index is 1090. The summed E-state index contributed by atoms with van der Waals surface area (Å²) in [6.45, 7) is 8.09. The van der Waals surface area contributed by atoms with Crippen LogP contribution in [0.1, 0.15) is 22.7 Å². The minimum Gasteiger partial charge on any atom is -0.466 e. The molecule has 1 saturated heterocycles. The molecule has 0 bridgehead atoms. The molecule has 2 aromatic rings. The van der Waals surface area contributed by atoms with Crippen LogP contribution in [0.15, 0.2) is 53.7 Å². The number of carbonyl (C=O) groups excluding carboxylic acids is 2. The number of esters is 1. The van der Waals surface area contributed by atoms with Gasteiger partial charge in [0, 0.05) is 49.1 Å². The highest BCUT2D eigenvalue weighted by Gasteiger charge is 2.35. The highest BCUT2D eigenvalue weighted by atomic mass is 35.5. The van der Waals surface area contributed by atoms with Crippen molar-refractivity contribution in [2.75, 3.05) is 44.7 Å². The summed E-state index contributed by atoms with van der Waals surface area (Å²) in [5.41, 5.74) is 5.43. The van der Waals surface area contributed by atoms with E-state index < -0.39 is 12.0 Å². The van der Waals surface area contributed by atoms with Gasteiger partial charge in [0.25, 0.3) is 0 Å². The number of hydrogen-bond acceptors (Lipinski definition) is 5. The number of urea groups is 1. The van der Waals surface area contributed by atoms with Crippen LogP contribution in [-0.4, -0.2) is 56.7 Å². The van der Waals surface area contributed by atoms with Crippen molar-refractivity contribution >= 4 is 29.3 Å². The van der Waals surface area contributed by atoms with Crippen LogP contribution in [0.2, 0.25) is 5.02 Å². The number of amides is 2. The Morgan fingerprint density at radius 2 is 1.82 bits per heavy atom. The van der Waals surface area contributed by atoms with Gasteiger partial charge in [-0.3, -0.25) is 4.90 Å². The van der Waals surface area contributed by atoms with Crippen LogP contribution < -0.4 is 15.5 Å². The first-order valence-electron chi connectivity index (χ1n) is 11.1. The third-order valence-electron chi connectivity index (χ3n) is 6.45. The summed E-state index contributed by atoms with van der Waals surface area (Å²) < 4.78 is 5.08. The number of hydrogen-bond donors (Lipinski definition) is 2. The molecule has 1 atom stereocenters. The fraction of sp³-hybridized carbons (Fsp3) is 0.360. The van der Waals surface area contributed by atoms with Gasteiger partial charge in [-0.05, 0) is 42.7 Å². The molecule has 2 aromatic carbocycles. The van der Waals surface area contributed by atoms with Crippen molar-refractivity contribution in [1.82, 2.24) is 15.5 Å². The zero-order chi connectivity index (χ0) is 23.5. The number of carbonyl (C=O) groups is 2. The average molecular weight is 469 g/mol. The van der Waals surface area contributed by atoms with E-state index in [9.17, 15) is 9.59 Å². The normalized spacial score (nSPS) is 19.2. The van der Waals surface area contributed by atoms with Crippen molar-refractivity contribution in [2.45, 2.75) is 19.9 Å². The van der Waals surface area contributed by atoms with Crippen LogP contribution in [0.4, 0.5) is 10.5 Å². The summed E-state index contributed by atoms with van der Waals surface area (Å²) in [7, 11) is 1.34. The molecular formula is C25H29ClN4O3. The van der Waals surface area contributed by atoms with E-state index in [1.807, 2.05) is 18.2 Å². The number of halogens is 1. The third kappa shape index (κ3) is 4.84. The zero-order valence-corrected chi connectivity index (χ0v) is 19.9. The number of anilines is 1. The molecule has 2 heterocycles. The summed E-state index contributed by atoms with van der Waals surface area (Å²) in [6.07, 6.45) is 0. The highest BCUT2D eigenvalue weighted by Crippen LogP contribution is 2.32. The third-order valence-corrected chi connectivity index (χ3v) is 6.79. The second-order valence-corrected chi connectivity index (χ2v) is 8.83. The molecule has 2 aliphatic rings. The van der Waals surface area contributed by atoms with E-state index in [1.165, 1.54) is 23.9 Å². The Kier molecular flexibility index (Phi) is 6.91. The number of rotatable bonds is 5. The largest absolute Gasteiger partial charge is 0.466 e. The van der Waals surface area contributed by atoms with Gasteiger partial charge in [0.1, 0.15) is 0 Å². The van der Waals surface area contributed by atoms with E-state index in [2.05, 4.69) is 52.5 Å². The summed E-state index contributed by atoms with van der Waals surface area (Å²) in [5, 5.41) is 6.14. The van der Waals surface area contributed by atoms with E-state index in [-0.39, 0.29) is 6.03 Å². The van der Waals surface area contributed by atoms with Crippen molar-refractivity contribution in [2.24, 2.45) is 0 Å². The van der Waals surface area contributed by atoms with E-state index >= 15 is 0 Å². The smallest absolute Gasteiger partial charge is 0.338 e. The van der Waals surface area contributed by atoms with Gasteiger partial charge < -0.3 is 20.3 Å². The Hall–Kier alpha value is -3.03. The summed E-state index contributed by atoms with van der Waals surface area (Å²) in [5.74, 6) is -0.489. The lowest BCUT2D eigenvalue weighted by Crippen LogP contribution is -2.52. The van der Waals surface area contributed by atoms with E-state index in [1.54, 1.807) is 6.07 Å². The standard InChI is InChI=1S/C25H29ClN4O3/c1-16-7-6-10-21(17(16)2)30-13-11-29(12-14-30)15-20-22(24(31)33-3)23(28-25(32)27-20)18-8-4-5-9-19(18)26/h4-10,23H,11-15H2,1-3H3,(H2,27,28,32)/t23-/m1/s1. The van der Waals surface area contributed by atoms with Gasteiger partial charge in [-0.1, -0.05) is 41.9 Å². The molecule has 7 nitrogen and oxygen atoms in total. The van der Waals surface area contributed by atoms with Gasteiger partial charge >= 0.3 is 12.0 Å². The first kappa shape index (κ1) is 23.1. The second kappa shape index (κ2) is 9.85. The number of ether oxygens (including phenoxy) is 1. The molecule has 33 heavy (non-hydrogen) atoms. The maximum atomic E-state index is 12.8. The molecule has 4 rings (SSSR count). The first-order valence-corrected chi connectivity index (χ1v) is 11.4. The highest BCUT2D eigenvalue weighted by molar-refractivity contribution is 6.31. The van der Waals surface area contributed by atoms with Gasteiger partial charge in [-0.25, -0.2) is 9.59 Å². The van der Waals surface area contributed by atoms with E-state index in [0.29, 0.717) is 28.4 Å². The number of nitrogens with zero attached hydrogens (tertiary/aromatic N) is 2. The number of piperazine rings is 1. The number of aryl methyl sites for hydroxylation is 1. The minimum atomic E-state index is -0.675. The summed E-state index contributed by atoms with van der Waals surface area (Å²) in [6, 6.07) is 12.5. The van der Waals surface area contributed by atoms with Crippen molar-refractivity contribution < 1.29 is 14.3 Å². The molecule has 0 spiro atoms. The summed E-state index contributed by atoms with van der Waals surface area (Å²) >= 11 is 6.39. The minimum absolute atomic E-state index is 0.364. The van der Waals surface area contributed by atoms with Crippen molar-refractivity contribution in [3.8, 4) is 0 Å². The SMILES string of the molecule is COC(=O)C1=C(CN2CCN(c3cccc(C)c3C)CC2)NC(=O)N[C@@H]1c1ccccc1Cl. The van der Waals surface area contributed by atoms with Crippen LogP contribution >= 0.6 is 11.6 Å². The van der Waals surface area contributed by atoms with Crippen molar-refractivity contribution in [1.29, 1.82) is 0 Å². The zero-order valence-electron chi connectivity index (χ0n) is 19.2. The summed E-state index contributed by atoms with van der Waals surface area (Å²) in [4.78, 5) is 29.9. The molecule has 0 aromatic heterocycles. The Morgan fingerprint density at radius 1 is 1.09 bits per heavy atom. The molecule has 0 aliphatic carbocycles. The maximum absolute atomic E-state index is 12.8. The van der Waals surface area contributed by atoms with Crippen LogP contribution in [0.3, 0.4) is 0 Å². The predicted molar refractivity (Wildman–Crippen MR) is 129 cm³/mol. The lowest BCUT2D eigenvalue weighted by Gasteiger charge is -2.38. The Labute approximate surface area is 199 Å². The van der Waals surface area contributed by atoms with Crippen molar-refractivity contribution in [3.05, 3.63) is 75.4 Å². The molecule has 8 heteroatoms. The molecule has 1 fully saturated rings. The average Bonchev–Trinajstić information content (AvgIpc) is 2.81. The number of methoxy groups -OCH3 is 1. The maximum Gasteiger partial charge on any atom is 0.338 e. The Morgan fingerprint density at radius 3 is 2.52 bits per heavy atom. The molecule has 2 N–H and O–H groups in total. The lowest BCUT2D eigenvalue weighted by atomic mass is 9.95. The quantitative estimate of drug-likeness (QED) is 0.656. The lowest BCUT2D eigenvalue weighted by molar-refractivity contribution is -0.136. The fourth-order valence-electron chi connectivity index (χ4n) is 4.48. The molecule has 174 valence electrons. The molecular weight excluding hydrogens is 440 g/mol. The molecule has 0 unspecified atom stereocenters. The van der Waals surface area contributed by atoms with Gasteiger partial charge in [0.05, 0.1) is 18.7 Å². The van der Waals surface area contributed by atoms with Gasteiger partial charge in [-0.15, -0.1) is 0 Å². The number of nitrogens with one attached hydrogen (secondary N) is 2. The van der Waals surface area contributed by atoms with E-state index in [4.69, 9.17) is 16.3 Å². The fourth-order valence-corrected chi connectivity index (χ4v) is 4.73. The number of benzene rings is 2. The molecule has 0 saturated carbocycles. The monoisotopic (exact) mass is 468 g/mol. The van der Waals surface area contributed by atoms with Crippen LogP contribution in [0, 0.1) is 13.8 Å². The van der Waals surface area contributed by atoms with Gasteiger partial charge in [0.2, 0.25) is 0 Å². The molecule has 2 amide bonds. The second-order valence-electron chi connectivity index (χ2n) is 8.42. The molecule has 2 aliphatic heterocycles.